The van der Waals surface area contributed by atoms with Crippen LogP contribution in [0.15, 0.2) is 70.3 Å². The van der Waals surface area contributed by atoms with E-state index in [9.17, 15) is 14.7 Å². The van der Waals surface area contributed by atoms with Crippen molar-refractivity contribution in [2.24, 2.45) is 0 Å². The quantitative estimate of drug-likeness (QED) is 0.252. The first-order valence-corrected chi connectivity index (χ1v) is 12.5. The van der Waals surface area contributed by atoms with Crippen LogP contribution in [-0.2, 0) is 4.79 Å². The summed E-state index contributed by atoms with van der Waals surface area (Å²) in [6.45, 7) is 1.92. The molecule has 206 valence electrons. The van der Waals surface area contributed by atoms with Gasteiger partial charge in [0.2, 0.25) is 11.5 Å². The van der Waals surface area contributed by atoms with Crippen LogP contribution in [0.1, 0.15) is 27.7 Å². The third-order valence-corrected chi connectivity index (χ3v) is 6.98. The molecular formula is C30H26ClNO8. The zero-order chi connectivity index (χ0) is 28.7. The molecule has 1 aliphatic rings. The molecule has 1 aliphatic heterocycles. The van der Waals surface area contributed by atoms with E-state index in [4.69, 9.17) is 35.0 Å². The van der Waals surface area contributed by atoms with Gasteiger partial charge in [-0.3, -0.25) is 14.5 Å². The second kappa shape index (κ2) is 10.5. The summed E-state index contributed by atoms with van der Waals surface area (Å²) in [7, 11) is 5.86. The molecule has 3 aromatic carbocycles. The summed E-state index contributed by atoms with van der Waals surface area (Å²) in [6, 6.07) is 14.1. The Morgan fingerprint density at radius 1 is 0.900 bits per heavy atom. The number of carbonyl (C=O) groups excluding carboxylic acids is 2. The van der Waals surface area contributed by atoms with Crippen molar-refractivity contribution in [2.45, 2.75) is 13.0 Å². The van der Waals surface area contributed by atoms with Crippen molar-refractivity contribution in [1.29, 1.82) is 0 Å². The van der Waals surface area contributed by atoms with Gasteiger partial charge in [0.05, 0.1) is 40.1 Å². The monoisotopic (exact) mass is 563 g/mol. The number of hydrogen-bond donors (Lipinski definition) is 1. The molecule has 2 heterocycles. The van der Waals surface area contributed by atoms with Crippen molar-refractivity contribution >= 4 is 39.9 Å². The molecule has 9 nitrogen and oxygen atoms in total. The van der Waals surface area contributed by atoms with Gasteiger partial charge in [0.1, 0.15) is 0 Å². The van der Waals surface area contributed by atoms with Crippen LogP contribution in [0.4, 0.5) is 5.69 Å². The summed E-state index contributed by atoms with van der Waals surface area (Å²) in [4.78, 5) is 29.0. The lowest BCUT2D eigenvalue weighted by Crippen LogP contribution is -2.31. The van der Waals surface area contributed by atoms with Crippen molar-refractivity contribution in [1.82, 2.24) is 0 Å². The summed E-state index contributed by atoms with van der Waals surface area (Å²) in [5, 5.41) is 12.1. The first-order chi connectivity index (χ1) is 19.2. The second-order valence-corrected chi connectivity index (χ2v) is 9.54. The Labute approximate surface area is 235 Å². The summed E-state index contributed by atoms with van der Waals surface area (Å²) in [6.07, 6.45) is 0. The number of anilines is 1. The van der Waals surface area contributed by atoms with Crippen LogP contribution in [-0.4, -0.2) is 45.2 Å². The molecule has 0 fully saturated rings. The predicted molar refractivity (Wildman–Crippen MR) is 149 cm³/mol. The maximum Gasteiger partial charge on any atom is 0.294 e. The number of fused-ring (bicyclic) bond motifs is 1. The number of carbonyl (C=O) groups is 2. The molecular weight excluding hydrogens is 538 g/mol. The number of aliphatic hydroxyl groups excluding tert-OH is 1. The van der Waals surface area contributed by atoms with Gasteiger partial charge in [-0.15, -0.1) is 0 Å². The fourth-order valence-electron chi connectivity index (χ4n) is 4.87. The number of hydrogen-bond acceptors (Lipinski definition) is 8. The van der Waals surface area contributed by atoms with Gasteiger partial charge in [-0.1, -0.05) is 29.3 Å². The average molecular weight is 564 g/mol. The summed E-state index contributed by atoms with van der Waals surface area (Å²) in [5.41, 5.74) is 2.01. The molecule has 1 N–H and O–H groups in total. The average Bonchev–Trinajstić information content (AvgIpc) is 3.50. The number of nitrogens with zero attached hydrogens (tertiary/aromatic N) is 1. The van der Waals surface area contributed by atoms with Crippen molar-refractivity contribution in [3.8, 4) is 23.0 Å². The van der Waals surface area contributed by atoms with E-state index in [1.807, 2.05) is 19.1 Å². The Hall–Kier alpha value is -4.63. The van der Waals surface area contributed by atoms with Crippen LogP contribution in [0.25, 0.3) is 11.0 Å². The van der Waals surface area contributed by atoms with Crippen molar-refractivity contribution < 1.29 is 38.1 Å². The summed E-state index contributed by atoms with van der Waals surface area (Å²) >= 11 is 6.20. The fourth-order valence-corrected chi connectivity index (χ4v) is 5.08. The molecule has 0 spiro atoms. The number of ketones is 1. The molecule has 0 saturated carbocycles. The Bertz CT molecular complexity index is 1650. The van der Waals surface area contributed by atoms with Gasteiger partial charge in [0.15, 0.2) is 34.4 Å². The third kappa shape index (κ3) is 4.38. The molecule has 0 bridgehead atoms. The van der Waals surface area contributed by atoms with E-state index in [1.54, 1.807) is 36.4 Å². The van der Waals surface area contributed by atoms with Gasteiger partial charge in [0, 0.05) is 22.2 Å². The minimum absolute atomic E-state index is 0.104. The number of furan rings is 1. The van der Waals surface area contributed by atoms with Crippen molar-refractivity contribution in [2.75, 3.05) is 33.3 Å². The molecule has 4 aromatic rings. The number of Topliss-reactive ketones (excluding diaryl/α,β-unsaturated/α-hetero) is 1. The molecule has 10 heteroatoms. The highest BCUT2D eigenvalue weighted by Crippen LogP contribution is 2.47. The highest BCUT2D eigenvalue weighted by Gasteiger charge is 2.46. The van der Waals surface area contributed by atoms with Gasteiger partial charge in [-0.25, -0.2) is 0 Å². The highest BCUT2D eigenvalue weighted by atomic mass is 35.5. The van der Waals surface area contributed by atoms with Gasteiger partial charge in [-0.2, -0.15) is 0 Å². The van der Waals surface area contributed by atoms with Crippen molar-refractivity contribution in [3.05, 3.63) is 87.8 Å². The van der Waals surface area contributed by atoms with E-state index in [2.05, 4.69) is 0 Å². The third-order valence-electron chi connectivity index (χ3n) is 6.76. The van der Waals surface area contributed by atoms with E-state index in [0.29, 0.717) is 50.2 Å². The van der Waals surface area contributed by atoms with Crippen LogP contribution in [0.3, 0.4) is 0 Å². The lowest BCUT2D eigenvalue weighted by molar-refractivity contribution is -0.117. The SMILES string of the molecule is COc1cc(C2C(C(=O)c3cc4cc(Cl)cc(OC)c4o3)=C(O)C(=O)N2c2ccc(C)cc2)cc(OC)c1OC. The van der Waals surface area contributed by atoms with Crippen molar-refractivity contribution in [3.63, 3.8) is 0 Å². The van der Waals surface area contributed by atoms with Gasteiger partial charge in [0.25, 0.3) is 5.91 Å². The minimum Gasteiger partial charge on any atom is -0.503 e. The highest BCUT2D eigenvalue weighted by molar-refractivity contribution is 6.31. The Morgan fingerprint density at radius 3 is 2.10 bits per heavy atom. The fraction of sp³-hybridized carbons (Fsp3) is 0.200. The number of benzene rings is 3. The normalized spacial score (nSPS) is 15.1. The number of halogens is 1. The minimum atomic E-state index is -1.06. The maximum atomic E-state index is 14.1. The number of amides is 1. The molecule has 5 rings (SSSR count). The molecule has 0 radical (unpaired) electrons. The Balaban J connectivity index is 1.72. The zero-order valence-corrected chi connectivity index (χ0v) is 23.2. The topological polar surface area (TPSA) is 108 Å². The summed E-state index contributed by atoms with van der Waals surface area (Å²) < 4.78 is 27.8. The van der Waals surface area contributed by atoms with Crippen LogP contribution in [0.2, 0.25) is 5.02 Å². The number of rotatable bonds is 8. The predicted octanol–water partition coefficient (Wildman–Crippen LogP) is 6.21. The van der Waals surface area contributed by atoms with Gasteiger partial charge in [-0.05, 0) is 48.9 Å². The molecule has 1 amide bonds. The van der Waals surface area contributed by atoms with Crippen LogP contribution < -0.4 is 23.8 Å². The number of methoxy groups -OCH3 is 4. The maximum absolute atomic E-state index is 14.1. The van der Waals surface area contributed by atoms with Crippen LogP contribution >= 0.6 is 11.6 Å². The molecule has 1 aromatic heterocycles. The van der Waals surface area contributed by atoms with E-state index >= 15 is 0 Å². The first-order valence-electron chi connectivity index (χ1n) is 12.2. The zero-order valence-electron chi connectivity index (χ0n) is 22.4. The smallest absolute Gasteiger partial charge is 0.294 e. The van der Waals surface area contributed by atoms with E-state index in [1.165, 1.54) is 39.4 Å². The van der Waals surface area contributed by atoms with E-state index in [0.717, 1.165) is 5.56 Å². The Morgan fingerprint density at radius 2 is 1.52 bits per heavy atom. The molecule has 1 unspecified atom stereocenters. The van der Waals surface area contributed by atoms with Gasteiger partial charge >= 0.3 is 0 Å². The number of aryl methyl sites for hydroxylation is 1. The standard InChI is InChI=1S/C30H26ClNO8/c1-15-6-8-19(9-7-15)32-25(16-11-21(36-2)29(39-5)22(12-16)37-3)24(27(34)30(32)35)26(33)20-13-17-10-18(31)14-23(38-4)28(17)40-20/h6-14,25,34H,1-5H3. The van der Waals surface area contributed by atoms with E-state index in [-0.39, 0.29) is 11.3 Å². The molecule has 0 saturated heterocycles. The lowest BCUT2D eigenvalue weighted by atomic mass is 9.94. The molecule has 40 heavy (non-hydrogen) atoms. The molecule has 1 atom stereocenters. The van der Waals surface area contributed by atoms with E-state index < -0.39 is 23.5 Å². The second-order valence-electron chi connectivity index (χ2n) is 9.10. The van der Waals surface area contributed by atoms with Gasteiger partial charge < -0.3 is 28.5 Å². The summed E-state index contributed by atoms with van der Waals surface area (Å²) in [5.74, 6) is -0.935. The largest absolute Gasteiger partial charge is 0.503 e. The van der Waals surface area contributed by atoms with Crippen LogP contribution in [0, 0.1) is 6.92 Å². The number of ether oxygens (including phenoxy) is 4. The number of aliphatic hydroxyl groups is 1. The lowest BCUT2D eigenvalue weighted by Gasteiger charge is -2.28. The Kier molecular flexibility index (Phi) is 7.08. The molecule has 0 aliphatic carbocycles. The van der Waals surface area contributed by atoms with Crippen LogP contribution in [0.5, 0.6) is 23.0 Å². The first kappa shape index (κ1) is 27.0.